The summed E-state index contributed by atoms with van der Waals surface area (Å²) < 4.78 is 5.58. The van der Waals surface area contributed by atoms with Gasteiger partial charge in [0.25, 0.3) is 5.91 Å². The first-order chi connectivity index (χ1) is 11.7. The van der Waals surface area contributed by atoms with Crippen molar-refractivity contribution in [2.75, 3.05) is 7.05 Å². The van der Waals surface area contributed by atoms with Crippen LogP contribution >= 0.6 is 11.3 Å². The van der Waals surface area contributed by atoms with E-state index in [9.17, 15) is 9.59 Å². The summed E-state index contributed by atoms with van der Waals surface area (Å²) in [5, 5.41) is 0. The molecular formula is C19H28N2O3S. The molecule has 3 atom stereocenters. The Balaban J connectivity index is 1.67. The van der Waals surface area contributed by atoms with Gasteiger partial charge in [0.1, 0.15) is 5.60 Å². The number of ether oxygens (including phenoxy) is 1. The number of nitrogens with zero attached hydrogens (tertiary/aromatic N) is 2. The summed E-state index contributed by atoms with van der Waals surface area (Å²) in [6.07, 6.45) is 3.47. The van der Waals surface area contributed by atoms with Gasteiger partial charge in [-0.3, -0.25) is 4.79 Å². The lowest BCUT2D eigenvalue weighted by atomic mass is 9.96. The number of piperidine rings is 1. The Kier molecular flexibility index (Phi) is 4.84. The van der Waals surface area contributed by atoms with Crippen molar-refractivity contribution in [2.24, 2.45) is 0 Å². The van der Waals surface area contributed by atoms with E-state index in [1.54, 1.807) is 11.3 Å². The molecule has 2 aliphatic rings. The monoisotopic (exact) mass is 364 g/mol. The van der Waals surface area contributed by atoms with Crippen LogP contribution in [0, 0.1) is 6.92 Å². The Morgan fingerprint density at radius 1 is 1.20 bits per heavy atom. The lowest BCUT2D eigenvalue weighted by Crippen LogP contribution is -2.53. The van der Waals surface area contributed by atoms with E-state index in [4.69, 9.17) is 4.74 Å². The maximum Gasteiger partial charge on any atom is 0.410 e. The van der Waals surface area contributed by atoms with Crippen LogP contribution in [0.4, 0.5) is 4.79 Å². The average Bonchev–Trinajstić information content (AvgIpc) is 3.05. The van der Waals surface area contributed by atoms with E-state index in [1.807, 2.05) is 56.7 Å². The molecule has 1 aromatic rings. The minimum atomic E-state index is -0.475. The van der Waals surface area contributed by atoms with Gasteiger partial charge in [-0.15, -0.1) is 11.3 Å². The van der Waals surface area contributed by atoms with E-state index in [1.165, 1.54) is 0 Å². The molecule has 138 valence electrons. The number of aryl methyl sites for hydroxylation is 1. The normalized spacial score (nSPS) is 25.8. The fourth-order valence-electron chi connectivity index (χ4n) is 3.97. The SMILES string of the molecule is Cc1ccc(C(=O)N(C)C2C[C@H]3CC[C@@H](C2)N3C(=O)OC(C)(C)C)s1. The summed E-state index contributed by atoms with van der Waals surface area (Å²) in [5.74, 6) is 0.0909. The van der Waals surface area contributed by atoms with Crippen molar-refractivity contribution in [1.29, 1.82) is 0 Å². The zero-order valence-corrected chi connectivity index (χ0v) is 16.6. The Hall–Kier alpha value is -1.56. The van der Waals surface area contributed by atoms with Crippen molar-refractivity contribution < 1.29 is 14.3 Å². The van der Waals surface area contributed by atoms with Crippen LogP contribution in [-0.4, -0.2) is 52.6 Å². The number of hydrogen-bond acceptors (Lipinski definition) is 4. The first kappa shape index (κ1) is 18.2. The predicted octanol–water partition coefficient (Wildman–Crippen LogP) is 4.06. The molecule has 1 aromatic heterocycles. The summed E-state index contributed by atoms with van der Waals surface area (Å²) in [6.45, 7) is 7.71. The highest BCUT2D eigenvalue weighted by Gasteiger charge is 2.46. The molecule has 0 spiro atoms. The maximum atomic E-state index is 12.7. The average molecular weight is 365 g/mol. The summed E-state index contributed by atoms with van der Waals surface area (Å²) >= 11 is 1.54. The molecule has 1 unspecified atom stereocenters. The number of carbonyl (C=O) groups excluding carboxylic acids is 2. The van der Waals surface area contributed by atoms with Gasteiger partial charge in [-0.1, -0.05) is 0 Å². The molecule has 2 amide bonds. The van der Waals surface area contributed by atoms with Gasteiger partial charge in [0.05, 0.1) is 4.88 Å². The molecule has 5 nitrogen and oxygen atoms in total. The zero-order chi connectivity index (χ0) is 18.4. The van der Waals surface area contributed by atoms with E-state index >= 15 is 0 Å². The van der Waals surface area contributed by atoms with E-state index in [2.05, 4.69) is 0 Å². The maximum absolute atomic E-state index is 12.7. The van der Waals surface area contributed by atoms with Crippen molar-refractivity contribution in [3.63, 3.8) is 0 Å². The molecule has 2 aliphatic heterocycles. The molecule has 6 heteroatoms. The summed E-state index contributed by atoms with van der Waals surface area (Å²) in [4.78, 5) is 31.0. The van der Waals surface area contributed by atoms with E-state index in [-0.39, 0.29) is 30.1 Å². The summed E-state index contributed by atoms with van der Waals surface area (Å²) in [6, 6.07) is 4.44. The third kappa shape index (κ3) is 3.84. The van der Waals surface area contributed by atoms with Gasteiger partial charge < -0.3 is 14.5 Å². The minimum absolute atomic E-state index is 0.0909. The highest BCUT2D eigenvalue weighted by molar-refractivity contribution is 7.13. The van der Waals surface area contributed by atoms with Crippen molar-refractivity contribution in [2.45, 2.75) is 77.1 Å². The van der Waals surface area contributed by atoms with Crippen LogP contribution < -0.4 is 0 Å². The van der Waals surface area contributed by atoms with Crippen molar-refractivity contribution in [3.05, 3.63) is 21.9 Å². The van der Waals surface area contributed by atoms with Gasteiger partial charge in [-0.25, -0.2) is 4.79 Å². The van der Waals surface area contributed by atoms with Gasteiger partial charge in [-0.2, -0.15) is 0 Å². The van der Waals surface area contributed by atoms with Crippen LogP contribution in [0.5, 0.6) is 0 Å². The number of rotatable bonds is 2. The van der Waals surface area contributed by atoms with Crippen LogP contribution in [0.1, 0.15) is 61.0 Å². The first-order valence-corrected chi connectivity index (χ1v) is 9.82. The van der Waals surface area contributed by atoms with Gasteiger partial charge >= 0.3 is 6.09 Å². The predicted molar refractivity (Wildman–Crippen MR) is 99.1 cm³/mol. The smallest absolute Gasteiger partial charge is 0.410 e. The summed E-state index contributed by atoms with van der Waals surface area (Å²) in [7, 11) is 1.89. The fraction of sp³-hybridized carbons (Fsp3) is 0.684. The van der Waals surface area contributed by atoms with E-state index < -0.39 is 5.60 Å². The molecule has 0 saturated carbocycles. The molecule has 0 aliphatic carbocycles. The number of fused-ring (bicyclic) bond motifs is 2. The van der Waals surface area contributed by atoms with Crippen LogP contribution in [0.25, 0.3) is 0 Å². The lowest BCUT2D eigenvalue weighted by molar-refractivity contribution is -0.00107. The largest absolute Gasteiger partial charge is 0.444 e. The topological polar surface area (TPSA) is 49.9 Å². The number of amides is 2. The van der Waals surface area contributed by atoms with Crippen LogP contribution in [-0.2, 0) is 4.74 Å². The second-order valence-electron chi connectivity index (χ2n) is 8.22. The van der Waals surface area contributed by atoms with Crippen LogP contribution in [0.3, 0.4) is 0 Å². The molecular weight excluding hydrogens is 336 g/mol. The second-order valence-corrected chi connectivity index (χ2v) is 9.51. The van der Waals surface area contributed by atoms with Crippen molar-refractivity contribution in [1.82, 2.24) is 9.80 Å². The molecule has 2 bridgehead atoms. The third-order valence-corrected chi connectivity index (χ3v) is 6.12. The molecule has 3 rings (SSSR count). The van der Waals surface area contributed by atoms with Gasteiger partial charge in [0, 0.05) is 30.1 Å². The van der Waals surface area contributed by atoms with Gasteiger partial charge in [0.2, 0.25) is 0 Å². The van der Waals surface area contributed by atoms with Crippen molar-refractivity contribution in [3.8, 4) is 0 Å². The Morgan fingerprint density at radius 3 is 2.28 bits per heavy atom. The standard InChI is InChI=1S/C19H28N2O3S/c1-12-6-9-16(25-12)17(22)20(5)15-10-13-7-8-14(11-15)21(13)18(23)24-19(2,3)4/h6,9,13-15H,7-8,10-11H2,1-5H3/t13-,14+,15?. The Labute approximate surface area is 153 Å². The van der Waals surface area contributed by atoms with Crippen molar-refractivity contribution >= 4 is 23.3 Å². The number of thiophene rings is 1. The van der Waals surface area contributed by atoms with Gasteiger partial charge in [-0.05, 0) is 65.5 Å². The minimum Gasteiger partial charge on any atom is -0.444 e. The van der Waals surface area contributed by atoms with Crippen LogP contribution in [0.15, 0.2) is 12.1 Å². The Morgan fingerprint density at radius 2 is 1.80 bits per heavy atom. The molecule has 3 heterocycles. The van der Waals surface area contributed by atoms with Crippen LogP contribution in [0.2, 0.25) is 0 Å². The highest BCUT2D eigenvalue weighted by Crippen LogP contribution is 2.38. The van der Waals surface area contributed by atoms with E-state index in [0.29, 0.717) is 0 Å². The fourth-order valence-corrected chi connectivity index (χ4v) is 4.82. The zero-order valence-electron chi connectivity index (χ0n) is 15.7. The van der Waals surface area contributed by atoms with E-state index in [0.717, 1.165) is 35.4 Å². The third-order valence-electron chi connectivity index (χ3n) is 5.13. The molecule has 0 N–H and O–H groups in total. The molecule has 0 aromatic carbocycles. The van der Waals surface area contributed by atoms with Gasteiger partial charge in [0.15, 0.2) is 0 Å². The molecule has 0 radical (unpaired) electrons. The molecule has 25 heavy (non-hydrogen) atoms. The number of hydrogen-bond donors (Lipinski definition) is 0. The lowest BCUT2D eigenvalue weighted by Gasteiger charge is -2.42. The molecule has 2 saturated heterocycles. The number of carbonyl (C=O) groups is 2. The highest BCUT2D eigenvalue weighted by atomic mass is 32.1. The molecule has 2 fully saturated rings. The summed E-state index contributed by atoms with van der Waals surface area (Å²) in [5.41, 5.74) is -0.475. The quantitative estimate of drug-likeness (QED) is 0.795. The Bertz CT molecular complexity index is 650. The first-order valence-electron chi connectivity index (χ1n) is 9.00. The second kappa shape index (κ2) is 6.63.